The van der Waals surface area contributed by atoms with E-state index in [1.807, 2.05) is 0 Å². The fraction of sp³-hybridized carbons (Fsp3) is 0.474. The summed E-state index contributed by atoms with van der Waals surface area (Å²) >= 11 is 0. The molecule has 2 aliphatic heterocycles. The van der Waals surface area contributed by atoms with Gasteiger partial charge in [0.05, 0.1) is 26.8 Å². The van der Waals surface area contributed by atoms with Gasteiger partial charge in [-0.3, -0.25) is 33.6 Å². The van der Waals surface area contributed by atoms with E-state index in [9.17, 15) is 23.4 Å². The summed E-state index contributed by atoms with van der Waals surface area (Å²) < 4.78 is 12.8. The Kier molecular flexibility index (Phi) is 6.96. The first-order chi connectivity index (χ1) is 14.5. The molecular formula is C19H21N5O5S. The molecule has 2 aliphatic rings. The van der Waals surface area contributed by atoms with Gasteiger partial charge in [-0.2, -0.15) is 0 Å². The number of piperidine rings is 1. The van der Waals surface area contributed by atoms with E-state index in [-0.39, 0.29) is 28.9 Å². The van der Waals surface area contributed by atoms with Gasteiger partial charge in [0.2, 0.25) is 11.8 Å². The Morgan fingerprint density at radius 1 is 1.13 bits per heavy atom. The molecule has 1 fully saturated rings. The standard InChI is InChI=1S/C19H21N5O5S/c20-23-21-10-3-1-2-4-11-30(29)14-7-5-6-12-16(14)19(28)24(18(12)27)13-8-9-15(25)22-17(13)26/h5-7,13H,1-4,8-11H2,(H,22,25,26). The van der Waals surface area contributed by atoms with Crippen LogP contribution in [-0.2, 0) is 20.4 Å². The van der Waals surface area contributed by atoms with Gasteiger partial charge >= 0.3 is 0 Å². The molecule has 0 saturated carbocycles. The van der Waals surface area contributed by atoms with Gasteiger partial charge in [-0.15, -0.1) is 0 Å². The zero-order valence-corrected chi connectivity index (χ0v) is 17.0. The lowest BCUT2D eigenvalue weighted by atomic mass is 10.0. The van der Waals surface area contributed by atoms with Gasteiger partial charge in [0, 0.05) is 23.6 Å². The number of unbranched alkanes of at least 4 members (excludes halogenated alkanes) is 3. The van der Waals surface area contributed by atoms with Crippen molar-refractivity contribution in [2.75, 3.05) is 12.3 Å². The van der Waals surface area contributed by atoms with Gasteiger partial charge in [-0.05, 0) is 36.9 Å². The third kappa shape index (κ3) is 4.42. The maximum atomic E-state index is 13.0. The summed E-state index contributed by atoms with van der Waals surface area (Å²) in [6.07, 6.45) is 3.17. The minimum Gasteiger partial charge on any atom is -0.295 e. The predicted octanol–water partition coefficient (Wildman–Crippen LogP) is 2.07. The minimum atomic E-state index is -1.48. The largest absolute Gasteiger partial charge is 0.295 e. The fourth-order valence-electron chi connectivity index (χ4n) is 3.60. The summed E-state index contributed by atoms with van der Waals surface area (Å²) in [5.41, 5.74) is 8.45. The Balaban J connectivity index is 1.70. The molecular weight excluding hydrogens is 410 g/mol. The van der Waals surface area contributed by atoms with Crippen molar-refractivity contribution in [3.8, 4) is 0 Å². The van der Waals surface area contributed by atoms with Gasteiger partial charge in [-0.25, -0.2) is 0 Å². The summed E-state index contributed by atoms with van der Waals surface area (Å²) in [6, 6.07) is 3.58. The van der Waals surface area contributed by atoms with Crippen LogP contribution in [0.1, 0.15) is 59.2 Å². The van der Waals surface area contributed by atoms with Crippen molar-refractivity contribution >= 4 is 34.4 Å². The normalized spacial score (nSPS) is 19.3. The zero-order valence-electron chi connectivity index (χ0n) is 16.2. The van der Waals surface area contributed by atoms with Crippen LogP contribution in [0.3, 0.4) is 0 Å². The van der Waals surface area contributed by atoms with Gasteiger partial charge in [0.1, 0.15) is 6.04 Å². The number of carbonyl (C=O) groups excluding carboxylic acids is 4. The third-order valence-corrected chi connectivity index (χ3v) is 6.57. The number of hydrogen-bond acceptors (Lipinski definition) is 6. The van der Waals surface area contributed by atoms with E-state index >= 15 is 0 Å². The van der Waals surface area contributed by atoms with Gasteiger partial charge in [0.15, 0.2) is 0 Å². The number of azide groups is 1. The molecule has 30 heavy (non-hydrogen) atoms. The average molecular weight is 431 g/mol. The quantitative estimate of drug-likeness (QED) is 0.209. The molecule has 2 heterocycles. The second kappa shape index (κ2) is 9.64. The Morgan fingerprint density at radius 2 is 1.90 bits per heavy atom. The number of rotatable bonds is 9. The number of nitrogens with one attached hydrogen (secondary N) is 1. The van der Waals surface area contributed by atoms with Crippen LogP contribution in [0, 0.1) is 0 Å². The van der Waals surface area contributed by atoms with Crippen molar-refractivity contribution in [2.24, 2.45) is 5.11 Å². The molecule has 2 unspecified atom stereocenters. The lowest BCUT2D eigenvalue weighted by Crippen LogP contribution is -2.54. The van der Waals surface area contributed by atoms with Gasteiger partial charge < -0.3 is 0 Å². The molecule has 4 amide bonds. The van der Waals surface area contributed by atoms with E-state index in [0.29, 0.717) is 18.7 Å². The van der Waals surface area contributed by atoms with E-state index in [1.54, 1.807) is 12.1 Å². The summed E-state index contributed by atoms with van der Waals surface area (Å²) in [5.74, 6) is -2.04. The SMILES string of the molecule is [N-]=[N+]=NCCCCCCS(=O)c1cccc2c1C(=O)N(C1CCC(=O)NC1=O)C2=O. The van der Waals surface area contributed by atoms with Crippen LogP contribution in [0.2, 0.25) is 0 Å². The molecule has 1 saturated heterocycles. The van der Waals surface area contributed by atoms with Crippen molar-refractivity contribution in [2.45, 2.75) is 49.5 Å². The molecule has 10 nitrogen and oxygen atoms in total. The monoisotopic (exact) mass is 431 g/mol. The van der Waals surface area contributed by atoms with Crippen molar-refractivity contribution in [1.82, 2.24) is 10.2 Å². The molecule has 11 heteroatoms. The Labute approximate surface area is 175 Å². The molecule has 1 N–H and O–H groups in total. The van der Waals surface area contributed by atoms with Crippen LogP contribution in [0.25, 0.3) is 10.4 Å². The lowest BCUT2D eigenvalue weighted by molar-refractivity contribution is -0.136. The second-order valence-electron chi connectivity index (χ2n) is 7.04. The molecule has 0 aliphatic carbocycles. The third-order valence-electron chi connectivity index (χ3n) is 5.08. The van der Waals surface area contributed by atoms with Crippen LogP contribution >= 0.6 is 0 Å². The predicted molar refractivity (Wildman–Crippen MR) is 107 cm³/mol. The number of carbonyl (C=O) groups is 4. The fourth-order valence-corrected chi connectivity index (χ4v) is 4.94. The topological polar surface area (TPSA) is 149 Å². The van der Waals surface area contributed by atoms with Crippen molar-refractivity contribution < 1.29 is 23.4 Å². The van der Waals surface area contributed by atoms with Crippen molar-refractivity contribution in [1.29, 1.82) is 0 Å². The average Bonchev–Trinajstić information content (AvgIpc) is 2.98. The zero-order chi connectivity index (χ0) is 21.7. The second-order valence-corrected chi connectivity index (χ2v) is 8.58. The summed E-state index contributed by atoms with van der Waals surface area (Å²) in [7, 11) is -1.48. The highest BCUT2D eigenvalue weighted by Crippen LogP contribution is 2.31. The molecule has 1 aromatic carbocycles. The molecule has 1 aromatic rings. The number of benzene rings is 1. The molecule has 0 spiro atoms. The van der Waals surface area contributed by atoms with Crippen LogP contribution < -0.4 is 5.32 Å². The van der Waals surface area contributed by atoms with E-state index in [4.69, 9.17) is 5.53 Å². The highest BCUT2D eigenvalue weighted by molar-refractivity contribution is 7.85. The van der Waals surface area contributed by atoms with E-state index in [0.717, 1.165) is 24.2 Å². The van der Waals surface area contributed by atoms with E-state index < -0.39 is 40.5 Å². The van der Waals surface area contributed by atoms with Crippen LogP contribution in [0.5, 0.6) is 0 Å². The summed E-state index contributed by atoms with van der Waals surface area (Å²) in [4.78, 5) is 53.2. The maximum Gasteiger partial charge on any atom is 0.263 e. The number of hydrogen-bond donors (Lipinski definition) is 1. The van der Waals surface area contributed by atoms with Crippen molar-refractivity contribution in [3.05, 3.63) is 39.8 Å². The minimum absolute atomic E-state index is 0.0439. The highest BCUT2D eigenvalue weighted by Gasteiger charge is 2.45. The van der Waals surface area contributed by atoms with Gasteiger partial charge in [0.25, 0.3) is 11.8 Å². The lowest BCUT2D eigenvalue weighted by Gasteiger charge is -2.27. The number of imide groups is 2. The summed E-state index contributed by atoms with van der Waals surface area (Å²) in [5, 5.41) is 5.62. The molecule has 2 atom stereocenters. The molecule has 3 rings (SSSR count). The van der Waals surface area contributed by atoms with Crippen LogP contribution in [0.4, 0.5) is 0 Å². The molecule has 0 bridgehead atoms. The van der Waals surface area contributed by atoms with E-state index in [2.05, 4.69) is 15.3 Å². The Morgan fingerprint density at radius 3 is 2.63 bits per heavy atom. The molecule has 0 aromatic heterocycles. The highest BCUT2D eigenvalue weighted by atomic mass is 32.2. The maximum absolute atomic E-state index is 13.0. The first-order valence-electron chi connectivity index (χ1n) is 9.69. The van der Waals surface area contributed by atoms with Crippen molar-refractivity contribution in [3.63, 3.8) is 0 Å². The Bertz CT molecular complexity index is 972. The van der Waals surface area contributed by atoms with E-state index in [1.165, 1.54) is 6.07 Å². The number of nitrogens with zero attached hydrogens (tertiary/aromatic N) is 4. The van der Waals surface area contributed by atoms with Crippen LogP contribution in [-0.4, -0.2) is 51.1 Å². The van der Waals surface area contributed by atoms with Gasteiger partial charge in [-0.1, -0.05) is 24.0 Å². The number of fused-ring (bicyclic) bond motifs is 1. The summed E-state index contributed by atoms with van der Waals surface area (Å²) in [6.45, 7) is 0.429. The van der Waals surface area contributed by atoms with Crippen LogP contribution in [0.15, 0.2) is 28.2 Å². The molecule has 158 valence electrons. The first-order valence-corrected chi connectivity index (χ1v) is 11.0. The first kappa shape index (κ1) is 21.7. The Hall–Kier alpha value is -3.04. The smallest absolute Gasteiger partial charge is 0.263 e. The number of amides is 4. The molecule has 0 radical (unpaired) electrons.